The van der Waals surface area contributed by atoms with Gasteiger partial charge in [0.1, 0.15) is 6.04 Å². The molecule has 0 aromatic rings. The van der Waals surface area contributed by atoms with Gasteiger partial charge in [-0.3, -0.25) is 0 Å². The maximum atomic E-state index is 12.1. The van der Waals surface area contributed by atoms with Gasteiger partial charge in [0.25, 0.3) is 0 Å². The number of carbonyl (C=O) groups excluding carboxylic acids is 1. The van der Waals surface area contributed by atoms with Crippen molar-refractivity contribution in [2.75, 3.05) is 19.8 Å². The lowest BCUT2D eigenvalue weighted by atomic mass is 9.98. The molecule has 2 saturated heterocycles. The van der Waals surface area contributed by atoms with E-state index in [9.17, 15) is 14.7 Å². The van der Waals surface area contributed by atoms with E-state index in [1.54, 1.807) is 0 Å². The molecule has 2 fully saturated rings. The fraction of sp³-hybridized carbons (Fsp3) is 0.833. The van der Waals surface area contributed by atoms with Crippen molar-refractivity contribution in [2.24, 2.45) is 5.92 Å². The van der Waals surface area contributed by atoms with E-state index >= 15 is 0 Å². The SMILES string of the molecule is CC1COCCC1NC(=O)N1CC(O)C[C@H]1C(=O)O. The average Bonchev–Trinajstić information content (AvgIpc) is 2.74. The number of carboxylic acids is 1. The summed E-state index contributed by atoms with van der Waals surface area (Å²) < 4.78 is 5.30. The number of rotatable bonds is 2. The van der Waals surface area contributed by atoms with Crippen LogP contribution in [0.15, 0.2) is 0 Å². The summed E-state index contributed by atoms with van der Waals surface area (Å²) in [5, 5.41) is 21.4. The predicted octanol–water partition coefficient (Wildman–Crippen LogP) is -0.359. The molecule has 2 heterocycles. The molecule has 0 bridgehead atoms. The first-order valence-electron chi connectivity index (χ1n) is 6.54. The highest BCUT2D eigenvalue weighted by atomic mass is 16.5. The van der Waals surface area contributed by atoms with E-state index in [0.717, 1.165) is 6.42 Å². The number of urea groups is 1. The monoisotopic (exact) mass is 272 g/mol. The van der Waals surface area contributed by atoms with Crippen molar-refractivity contribution in [3.05, 3.63) is 0 Å². The lowest BCUT2D eigenvalue weighted by Gasteiger charge is -2.32. The van der Waals surface area contributed by atoms with E-state index in [-0.39, 0.29) is 24.9 Å². The zero-order valence-electron chi connectivity index (χ0n) is 10.9. The molecule has 108 valence electrons. The topological polar surface area (TPSA) is 99.1 Å². The predicted molar refractivity (Wildman–Crippen MR) is 65.7 cm³/mol. The minimum atomic E-state index is -1.08. The number of hydrogen-bond acceptors (Lipinski definition) is 4. The molecule has 2 aliphatic heterocycles. The van der Waals surface area contributed by atoms with Gasteiger partial charge in [-0.05, 0) is 12.3 Å². The fourth-order valence-electron chi connectivity index (χ4n) is 2.61. The van der Waals surface area contributed by atoms with Crippen LogP contribution in [0.2, 0.25) is 0 Å². The number of nitrogens with zero attached hydrogens (tertiary/aromatic N) is 1. The number of aliphatic hydroxyl groups excluding tert-OH is 1. The molecule has 2 aliphatic rings. The number of hydrogen-bond donors (Lipinski definition) is 3. The summed E-state index contributed by atoms with van der Waals surface area (Å²) in [7, 11) is 0. The fourth-order valence-corrected chi connectivity index (χ4v) is 2.61. The Morgan fingerprint density at radius 2 is 2.16 bits per heavy atom. The van der Waals surface area contributed by atoms with Gasteiger partial charge in [-0.15, -0.1) is 0 Å². The number of aliphatic hydroxyl groups is 1. The largest absolute Gasteiger partial charge is 0.480 e. The molecule has 7 nitrogen and oxygen atoms in total. The number of nitrogens with one attached hydrogen (secondary N) is 1. The number of amides is 2. The Bertz CT molecular complexity index is 362. The van der Waals surface area contributed by atoms with Gasteiger partial charge in [-0.25, -0.2) is 9.59 Å². The smallest absolute Gasteiger partial charge is 0.326 e. The Balaban J connectivity index is 1.96. The molecule has 0 aromatic heterocycles. The maximum Gasteiger partial charge on any atom is 0.326 e. The first kappa shape index (κ1) is 14.1. The molecular weight excluding hydrogens is 252 g/mol. The number of likely N-dealkylation sites (tertiary alicyclic amines) is 1. The second-order valence-electron chi connectivity index (χ2n) is 5.29. The number of carboxylic acid groups (broad SMARTS) is 1. The van der Waals surface area contributed by atoms with Crippen LogP contribution in [0, 0.1) is 5.92 Å². The third-order valence-electron chi connectivity index (χ3n) is 3.77. The van der Waals surface area contributed by atoms with Gasteiger partial charge in [0.05, 0.1) is 12.7 Å². The van der Waals surface area contributed by atoms with Gasteiger partial charge in [0, 0.05) is 25.6 Å². The van der Waals surface area contributed by atoms with Crippen LogP contribution in [-0.2, 0) is 9.53 Å². The Hall–Kier alpha value is -1.34. The Labute approximate surface area is 111 Å². The quantitative estimate of drug-likeness (QED) is 0.637. The molecular formula is C12H20N2O5. The summed E-state index contributed by atoms with van der Waals surface area (Å²) in [4.78, 5) is 24.4. The number of aliphatic carboxylic acids is 1. The van der Waals surface area contributed by atoms with Crippen molar-refractivity contribution in [3.63, 3.8) is 0 Å². The van der Waals surface area contributed by atoms with Gasteiger partial charge < -0.3 is 25.2 Å². The minimum Gasteiger partial charge on any atom is -0.480 e. The maximum absolute atomic E-state index is 12.1. The van der Waals surface area contributed by atoms with E-state index in [4.69, 9.17) is 9.84 Å². The summed E-state index contributed by atoms with van der Waals surface area (Å²) in [6.07, 6.45) is 0.0478. The summed E-state index contributed by atoms with van der Waals surface area (Å²) in [5.41, 5.74) is 0. The van der Waals surface area contributed by atoms with Gasteiger partial charge in [0.2, 0.25) is 0 Å². The van der Waals surface area contributed by atoms with Gasteiger partial charge >= 0.3 is 12.0 Å². The number of carbonyl (C=O) groups is 2. The van der Waals surface area contributed by atoms with Crippen molar-refractivity contribution < 1.29 is 24.5 Å². The molecule has 0 aromatic carbocycles. The molecule has 2 amide bonds. The molecule has 0 radical (unpaired) electrons. The Kier molecular flexibility index (Phi) is 4.26. The summed E-state index contributed by atoms with van der Waals surface area (Å²) in [6, 6.07) is -1.36. The molecule has 19 heavy (non-hydrogen) atoms. The van der Waals surface area contributed by atoms with Crippen molar-refractivity contribution in [1.82, 2.24) is 10.2 Å². The lowest BCUT2D eigenvalue weighted by molar-refractivity contribution is -0.141. The Morgan fingerprint density at radius 1 is 1.42 bits per heavy atom. The molecule has 0 spiro atoms. The van der Waals surface area contributed by atoms with Crippen LogP contribution in [0.3, 0.4) is 0 Å². The minimum absolute atomic E-state index is 0.00608. The van der Waals surface area contributed by atoms with E-state index in [0.29, 0.717) is 13.2 Å². The Morgan fingerprint density at radius 3 is 2.79 bits per heavy atom. The van der Waals surface area contributed by atoms with Crippen LogP contribution in [0.5, 0.6) is 0 Å². The molecule has 3 N–H and O–H groups in total. The summed E-state index contributed by atoms with van der Waals surface area (Å²) in [6.45, 7) is 3.24. The van der Waals surface area contributed by atoms with Gasteiger partial charge in [0.15, 0.2) is 0 Å². The second kappa shape index (κ2) is 5.75. The molecule has 2 rings (SSSR count). The highest BCUT2D eigenvalue weighted by molar-refractivity contribution is 5.83. The molecule has 3 unspecified atom stereocenters. The van der Waals surface area contributed by atoms with E-state index in [1.165, 1.54) is 4.90 Å². The standard InChI is InChI=1S/C12H20N2O5/c1-7-6-19-3-2-9(7)13-12(18)14-5-8(15)4-10(14)11(16)17/h7-10,15H,2-6H2,1H3,(H,13,18)(H,16,17)/t7?,8?,9?,10-/m0/s1. The zero-order valence-corrected chi connectivity index (χ0v) is 10.9. The van der Waals surface area contributed by atoms with Crippen LogP contribution in [-0.4, -0.2) is 65.1 Å². The zero-order chi connectivity index (χ0) is 14.0. The van der Waals surface area contributed by atoms with E-state index < -0.39 is 24.1 Å². The number of ether oxygens (including phenoxy) is 1. The van der Waals surface area contributed by atoms with Crippen molar-refractivity contribution >= 4 is 12.0 Å². The average molecular weight is 272 g/mol. The first-order valence-corrected chi connectivity index (χ1v) is 6.54. The van der Waals surface area contributed by atoms with E-state index in [2.05, 4.69) is 5.32 Å². The van der Waals surface area contributed by atoms with Crippen LogP contribution in [0.25, 0.3) is 0 Å². The molecule has 4 atom stereocenters. The molecule has 0 saturated carbocycles. The lowest BCUT2D eigenvalue weighted by Crippen LogP contribution is -2.52. The van der Waals surface area contributed by atoms with Gasteiger partial charge in [-0.2, -0.15) is 0 Å². The van der Waals surface area contributed by atoms with Crippen LogP contribution >= 0.6 is 0 Å². The first-order chi connectivity index (χ1) is 8.99. The molecule has 0 aliphatic carbocycles. The van der Waals surface area contributed by atoms with Crippen molar-refractivity contribution in [3.8, 4) is 0 Å². The summed E-state index contributed by atoms with van der Waals surface area (Å²) in [5.74, 6) is -0.875. The number of β-amino-alcohol motifs (C(OH)–C–C–N with tert-alkyl or cyclic N) is 1. The third kappa shape index (κ3) is 3.16. The second-order valence-corrected chi connectivity index (χ2v) is 5.29. The summed E-state index contributed by atoms with van der Waals surface area (Å²) >= 11 is 0. The molecule has 7 heteroatoms. The van der Waals surface area contributed by atoms with Crippen molar-refractivity contribution in [2.45, 2.75) is 38.0 Å². The normalized spacial score (nSPS) is 35.2. The highest BCUT2D eigenvalue weighted by Crippen LogP contribution is 2.20. The van der Waals surface area contributed by atoms with E-state index in [1.807, 2.05) is 6.92 Å². The highest BCUT2D eigenvalue weighted by Gasteiger charge is 2.39. The van der Waals surface area contributed by atoms with Crippen LogP contribution in [0.1, 0.15) is 19.8 Å². The third-order valence-corrected chi connectivity index (χ3v) is 3.77. The van der Waals surface area contributed by atoms with Crippen LogP contribution < -0.4 is 5.32 Å². The van der Waals surface area contributed by atoms with Gasteiger partial charge in [-0.1, -0.05) is 6.92 Å². The van der Waals surface area contributed by atoms with Crippen molar-refractivity contribution in [1.29, 1.82) is 0 Å². The van der Waals surface area contributed by atoms with Crippen LogP contribution in [0.4, 0.5) is 4.79 Å².